The Morgan fingerprint density at radius 1 is 1.33 bits per heavy atom. The summed E-state index contributed by atoms with van der Waals surface area (Å²) in [6.45, 7) is 3.66. The number of quaternary nitrogens is 1. The molecule has 1 amide bonds. The summed E-state index contributed by atoms with van der Waals surface area (Å²) in [5.41, 5.74) is 2.03. The highest BCUT2D eigenvalue weighted by Crippen LogP contribution is 2.24. The van der Waals surface area contributed by atoms with Crippen molar-refractivity contribution >= 4 is 16.1 Å². The third-order valence-corrected chi connectivity index (χ3v) is 5.29. The fourth-order valence-corrected chi connectivity index (χ4v) is 3.62. The molecule has 1 saturated heterocycles. The Kier molecular flexibility index (Phi) is 3.25. The molecule has 0 atom stereocenters. The first-order valence-corrected chi connectivity index (χ1v) is 6.42. The van der Waals surface area contributed by atoms with Crippen LogP contribution in [-0.2, 0) is 10.0 Å². The summed E-state index contributed by atoms with van der Waals surface area (Å²) in [7, 11) is -3.53. The average molecular weight is 236 g/mol. The highest BCUT2D eigenvalue weighted by molar-refractivity contribution is 7.86. The molecule has 15 heavy (non-hydrogen) atoms. The Bertz CT molecular complexity index is 344. The molecule has 7 heteroatoms. The van der Waals surface area contributed by atoms with Crippen LogP contribution in [0.3, 0.4) is 0 Å². The van der Waals surface area contributed by atoms with Gasteiger partial charge >= 0.3 is 10.0 Å². The first kappa shape index (κ1) is 12.3. The molecule has 0 aromatic heterocycles. The molecule has 0 bridgehead atoms. The van der Waals surface area contributed by atoms with E-state index in [4.69, 9.17) is 0 Å². The molecule has 0 unspecified atom stereocenters. The zero-order valence-electron chi connectivity index (χ0n) is 8.89. The van der Waals surface area contributed by atoms with E-state index in [0.717, 1.165) is 0 Å². The van der Waals surface area contributed by atoms with Crippen LogP contribution in [0.1, 0.15) is 26.7 Å². The summed E-state index contributed by atoms with van der Waals surface area (Å²) in [6, 6.07) is 0. The zero-order chi connectivity index (χ0) is 11.7. The van der Waals surface area contributed by atoms with Gasteiger partial charge < -0.3 is 9.90 Å². The number of nitrogens with one attached hydrogen (secondary N) is 1. The van der Waals surface area contributed by atoms with Gasteiger partial charge in [-0.15, -0.1) is 4.00 Å². The lowest BCUT2D eigenvalue weighted by Crippen LogP contribution is -2.65. The van der Waals surface area contributed by atoms with E-state index in [0.29, 0.717) is 12.8 Å². The predicted molar refractivity (Wildman–Crippen MR) is 51.8 cm³/mol. The van der Waals surface area contributed by atoms with Crippen molar-refractivity contribution in [2.24, 2.45) is 0 Å². The van der Waals surface area contributed by atoms with Gasteiger partial charge in [-0.3, -0.25) is 0 Å². The van der Waals surface area contributed by atoms with Crippen LogP contribution in [0.4, 0.5) is 4.79 Å². The summed E-state index contributed by atoms with van der Waals surface area (Å²) in [5, 5.41) is 9.92. The highest BCUT2D eigenvalue weighted by Gasteiger charge is 2.47. The van der Waals surface area contributed by atoms with Crippen LogP contribution in [0.25, 0.3) is 0 Å². The van der Waals surface area contributed by atoms with Crippen LogP contribution in [-0.4, -0.2) is 36.8 Å². The third-order valence-electron chi connectivity index (χ3n) is 2.67. The maximum Gasteiger partial charge on any atom is 0.321 e. The van der Waals surface area contributed by atoms with Crippen LogP contribution in [0.2, 0.25) is 0 Å². The van der Waals surface area contributed by atoms with Crippen molar-refractivity contribution in [3.63, 3.8) is 0 Å². The van der Waals surface area contributed by atoms with Gasteiger partial charge in [0.25, 0.3) is 0 Å². The minimum Gasteiger partial charge on any atom is -0.526 e. The normalized spacial score (nSPS) is 20.5. The van der Waals surface area contributed by atoms with E-state index in [-0.39, 0.29) is 13.1 Å². The number of amides is 1. The number of hydrogen-bond acceptors (Lipinski definition) is 4. The molecule has 1 heterocycles. The molecule has 88 valence electrons. The number of sulfonamides is 1. The van der Waals surface area contributed by atoms with Crippen LogP contribution in [0.15, 0.2) is 0 Å². The monoisotopic (exact) mass is 236 g/mol. The van der Waals surface area contributed by atoms with Gasteiger partial charge in [0.1, 0.15) is 18.3 Å². The van der Waals surface area contributed by atoms with Gasteiger partial charge in [-0.25, -0.2) is 5.43 Å². The van der Waals surface area contributed by atoms with Crippen molar-refractivity contribution in [2.75, 3.05) is 13.1 Å². The second-order valence-electron chi connectivity index (χ2n) is 4.01. The standard InChI is InChI=1S/C8H16N2O4S/c1-7(2)15(13,14)10(9-8(11)12)5-3-4-6-10/h7,9H,3-6H2,1-2H3. The molecule has 0 radical (unpaired) electrons. The predicted octanol–water partition coefficient (Wildman–Crippen LogP) is -0.817. The van der Waals surface area contributed by atoms with Crippen molar-refractivity contribution in [3.05, 3.63) is 0 Å². The number of rotatable bonds is 3. The van der Waals surface area contributed by atoms with Gasteiger partial charge in [0.2, 0.25) is 0 Å². The summed E-state index contributed by atoms with van der Waals surface area (Å²) in [6.07, 6.45) is -0.139. The van der Waals surface area contributed by atoms with E-state index in [1.165, 1.54) is 0 Å². The molecule has 1 N–H and O–H groups in total. The minimum atomic E-state index is -3.53. The van der Waals surface area contributed by atoms with E-state index in [1.807, 2.05) is 5.43 Å². The Morgan fingerprint density at radius 2 is 1.80 bits per heavy atom. The molecule has 0 spiro atoms. The summed E-state index contributed by atoms with van der Waals surface area (Å²) < 4.78 is 23.4. The lowest BCUT2D eigenvalue weighted by molar-refractivity contribution is -0.834. The SMILES string of the molecule is CC(C)S(=O)(=O)[N+]1(NC(=O)[O-])CCCC1. The molecule has 1 aliphatic heterocycles. The number of hydrogen-bond donors (Lipinski definition) is 1. The maximum absolute atomic E-state index is 12.0. The number of carbonyl (C=O) groups excluding carboxylic acids is 1. The van der Waals surface area contributed by atoms with Gasteiger partial charge in [0, 0.05) is 12.8 Å². The number of carbonyl (C=O) groups is 1. The van der Waals surface area contributed by atoms with E-state index in [9.17, 15) is 18.3 Å². The van der Waals surface area contributed by atoms with Gasteiger partial charge in [-0.05, 0) is 13.8 Å². The molecule has 0 aromatic rings. The van der Waals surface area contributed by atoms with E-state index in [1.54, 1.807) is 13.8 Å². The summed E-state index contributed by atoms with van der Waals surface area (Å²) in [4.78, 5) is 10.5. The summed E-state index contributed by atoms with van der Waals surface area (Å²) in [5.74, 6) is 0. The van der Waals surface area contributed by atoms with Crippen molar-refractivity contribution in [2.45, 2.75) is 31.9 Å². The second kappa shape index (κ2) is 3.97. The first-order chi connectivity index (χ1) is 6.82. The molecule has 0 aromatic carbocycles. The molecule has 0 aliphatic carbocycles. The smallest absolute Gasteiger partial charge is 0.321 e. The van der Waals surface area contributed by atoms with E-state index < -0.39 is 25.4 Å². The molecule has 0 saturated carbocycles. The molecule has 1 fully saturated rings. The van der Waals surface area contributed by atoms with Crippen LogP contribution in [0.5, 0.6) is 0 Å². The fraction of sp³-hybridized carbons (Fsp3) is 0.875. The largest absolute Gasteiger partial charge is 0.526 e. The Hall–Kier alpha value is -0.820. The quantitative estimate of drug-likeness (QED) is 0.649. The average Bonchev–Trinajstić information content (AvgIpc) is 2.52. The van der Waals surface area contributed by atoms with Crippen molar-refractivity contribution < 1.29 is 22.3 Å². The van der Waals surface area contributed by atoms with Crippen molar-refractivity contribution in [1.82, 2.24) is 5.43 Å². The van der Waals surface area contributed by atoms with Crippen LogP contribution >= 0.6 is 0 Å². The molecule has 1 aliphatic rings. The Labute approximate surface area is 89.5 Å². The zero-order valence-corrected chi connectivity index (χ0v) is 9.71. The molecule has 1 rings (SSSR count). The van der Waals surface area contributed by atoms with Gasteiger partial charge in [0.15, 0.2) is 6.09 Å². The topological polar surface area (TPSA) is 86.3 Å². The molecule has 6 nitrogen and oxygen atoms in total. The Balaban J connectivity index is 3.06. The van der Waals surface area contributed by atoms with Crippen molar-refractivity contribution in [3.8, 4) is 0 Å². The van der Waals surface area contributed by atoms with Gasteiger partial charge in [0.05, 0.1) is 0 Å². The minimum absolute atomic E-state index is 0.286. The number of carboxylic acid groups (broad SMARTS) is 1. The van der Waals surface area contributed by atoms with Crippen LogP contribution in [0, 0.1) is 0 Å². The Morgan fingerprint density at radius 3 is 2.13 bits per heavy atom. The van der Waals surface area contributed by atoms with Crippen molar-refractivity contribution in [1.29, 1.82) is 0 Å². The second-order valence-corrected chi connectivity index (χ2v) is 6.68. The van der Waals surface area contributed by atoms with E-state index in [2.05, 4.69) is 0 Å². The summed E-state index contributed by atoms with van der Waals surface area (Å²) >= 11 is 0. The lowest BCUT2D eigenvalue weighted by atomic mass is 10.4. The number of nitrogens with zero attached hydrogens (tertiary/aromatic N) is 1. The molecular formula is C8H16N2O4S. The first-order valence-electron chi connectivity index (χ1n) is 4.92. The van der Waals surface area contributed by atoms with E-state index >= 15 is 0 Å². The maximum atomic E-state index is 12.0. The molecular weight excluding hydrogens is 220 g/mol. The van der Waals surface area contributed by atoms with Crippen LogP contribution < -0.4 is 10.5 Å². The van der Waals surface area contributed by atoms with Gasteiger partial charge in [-0.2, -0.15) is 8.42 Å². The third kappa shape index (κ3) is 2.07. The van der Waals surface area contributed by atoms with Gasteiger partial charge in [-0.1, -0.05) is 0 Å². The lowest BCUT2D eigenvalue weighted by Gasteiger charge is -2.34. The highest BCUT2D eigenvalue weighted by atomic mass is 32.2. The fourth-order valence-electron chi connectivity index (χ4n) is 1.85.